The molecule has 0 aromatic carbocycles. The summed E-state index contributed by atoms with van der Waals surface area (Å²) in [6.45, 7) is 7.19. The van der Waals surface area contributed by atoms with Crippen LogP contribution in [-0.2, 0) is 0 Å². The first-order valence-electron chi connectivity index (χ1n) is 6.85. The molecule has 0 aromatic rings. The van der Waals surface area contributed by atoms with E-state index in [9.17, 15) is 0 Å². The lowest BCUT2D eigenvalue weighted by molar-refractivity contribution is 0.161. The SMILES string of the molecule is C/C=C/C1CC(C)C2C3CC(C)C(C3)C12. The third kappa shape index (κ3) is 1.26. The van der Waals surface area contributed by atoms with Crippen molar-refractivity contribution in [3.8, 4) is 0 Å². The van der Waals surface area contributed by atoms with Gasteiger partial charge in [-0.2, -0.15) is 0 Å². The Morgan fingerprint density at radius 2 is 1.73 bits per heavy atom. The van der Waals surface area contributed by atoms with Crippen molar-refractivity contribution in [2.24, 2.45) is 41.4 Å². The van der Waals surface area contributed by atoms with Gasteiger partial charge < -0.3 is 0 Å². The first-order valence-corrected chi connectivity index (χ1v) is 6.85. The van der Waals surface area contributed by atoms with Crippen LogP contribution in [0, 0.1) is 41.4 Å². The van der Waals surface area contributed by atoms with E-state index < -0.39 is 0 Å². The van der Waals surface area contributed by atoms with Crippen LogP contribution in [0.4, 0.5) is 0 Å². The van der Waals surface area contributed by atoms with Gasteiger partial charge in [-0.25, -0.2) is 0 Å². The number of hydrogen-bond acceptors (Lipinski definition) is 0. The Labute approximate surface area is 94.1 Å². The molecule has 15 heavy (non-hydrogen) atoms. The third-order valence-electron chi connectivity index (χ3n) is 5.70. The van der Waals surface area contributed by atoms with Crippen molar-refractivity contribution in [2.45, 2.75) is 40.0 Å². The molecule has 84 valence electrons. The minimum Gasteiger partial charge on any atom is -0.0914 e. The number of rotatable bonds is 1. The van der Waals surface area contributed by atoms with Gasteiger partial charge in [-0.1, -0.05) is 26.0 Å². The Morgan fingerprint density at radius 1 is 0.933 bits per heavy atom. The Morgan fingerprint density at radius 3 is 2.47 bits per heavy atom. The number of allylic oxidation sites excluding steroid dienone is 2. The quantitative estimate of drug-likeness (QED) is 0.563. The van der Waals surface area contributed by atoms with Crippen LogP contribution < -0.4 is 0 Å². The zero-order valence-electron chi connectivity index (χ0n) is 10.3. The summed E-state index contributed by atoms with van der Waals surface area (Å²) in [4.78, 5) is 0. The Balaban J connectivity index is 1.88. The lowest BCUT2D eigenvalue weighted by Gasteiger charge is -2.33. The first kappa shape index (κ1) is 9.93. The zero-order chi connectivity index (χ0) is 10.6. The average molecular weight is 204 g/mol. The molecule has 0 heterocycles. The van der Waals surface area contributed by atoms with Crippen molar-refractivity contribution in [1.29, 1.82) is 0 Å². The van der Waals surface area contributed by atoms with Gasteiger partial charge in [-0.05, 0) is 67.6 Å². The molecular weight excluding hydrogens is 180 g/mol. The highest BCUT2D eigenvalue weighted by atomic mass is 14.6. The van der Waals surface area contributed by atoms with E-state index in [0.717, 1.165) is 41.4 Å². The van der Waals surface area contributed by atoms with Crippen LogP contribution in [-0.4, -0.2) is 0 Å². The molecule has 3 saturated carbocycles. The molecule has 7 unspecified atom stereocenters. The molecule has 3 aliphatic carbocycles. The molecule has 0 radical (unpaired) electrons. The van der Waals surface area contributed by atoms with Crippen LogP contribution in [0.25, 0.3) is 0 Å². The van der Waals surface area contributed by atoms with Gasteiger partial charge in [0.25, 0.3) is 0 Å². The molecule has 3 rings (SSSR count). The van der Waals surface area contributed by atoms with Crippen molar-refractivity contribution in [3.63, 3.8) is 0 Å². The lowest BCUT2D eigenvalue weighted by Crippen LogP contribution is -2.27. The maximum Gasteiger partial charge on any atom is -0.0197 e. The van der Waals surface area contributed by atoms with Gasteiger partial charge in [0.15, 0.2) is 0 Å². The van der Waals surface area contributed by atoms with Crippen LogP contribution in [0.15, 0.2) is 12.2 Å². The van der Waals surface area contributed by atoms with Gasteiger partial charge in [0, 0.05) is 0 Å². The van der Waals surface area contributed by atoms with Crippen LogP contribution in [0.5, 0.6) is 0 Å². The monoisotopic (exact) mass is 204 g/mol. The standard InChI is InChI=1S/C15H24/c1-4-5-11-7-10(3)14-12-6-9(2)13(8-12)15(11)14/h4-5,9-15H,6-8H2,1-3H3/b5-4+. The predicted octanol–water partition coefficient (Wildman–Crippen LogP) is 4.13. The van der Waals surface area contributed by atoms with Crippen molar-refractivity contribution in [3.05, 3.63) is 12.2 Å². The highest BCUT2D eigenvalue weighted by molar-refractivity contribution is 5.10. The molecule has 0 aromatic heterocycles. The second-order valence-corrected chi connectivity index (χ2v) is 6.43. The fourth-order valence-electron chi connectivity index (χ4n) is 5.43. The molecule has 3 fully saturated rings. The van der Waals surface area contributed by atoms with Gasteiger partial charge in [0.2, 0.25) is 0 Å². The molecule has 0 heteroatoms. The number of hydrogen-bond donors (Lipinski definition) is 0. The van der Waals surface area contributed by atoms with E-state index in [1.165, 1.54) is 6.42 Å². The van der Waals surface area contributed by atoms with Crippen molar-refractivity contribution in [2.75, 3.05) is 0 Å². The summed E-state index contributed by atoms with van der Waals surface area (Å²) in [5.74, 6) is 7.27. The van der Waals surface area contributed by atoms with E-state index in [4.69, 9.17) is 0 Å². The maximum absolute atomic E-state index is 2.51. The van der Waals surface area contributed by atoms with E-state index in [1.807, 2.05) is 0 Å². The molecule has 7 atom stereocenters. The topological polar surface area (TPSA) is 0 Å². The highest BCUT2D eigenvalue weighted by Gasteiger charge is 2.57. The van der Waals surface area contributed by atoms with Gasteiger partial charge in [0.1, 0.15) is 0 Å². The summed E-state index contributed by atoms with van der Waals surface area (Å²) in [6, 6.07) is 0. The summed E-state index contributed by atoms with van der Waals surface area (Å²) < 4.78 is 0. The highest BCUT2D eigenvalue weighted by Crippen LogP contribution is 2.64. The van der Waals surface area contributed by atoms with Crippen molar-refractivity contribution < 1.29 is 0 Å². The van der Waals surface area contributed by atoms with Crippen LogP contribution >= 0.6 is 0 Å². The molecule has 0 aliphatic heterocycles. The van der Waals surface area contributed by atoms with Gasteiger partial charge in [0.05, 0.1) is 0 Å². The van der Waals surface area contributed by atoms with E-state index in [2.05, 4.69) is 32.9 Å². The molecule has 0 amide bonds. The summed E-state index contributed by atoms with van der Waals surface area (Å²) >= 11 is 0. The smallest absolute Gasteiger partial charge is 0.0197 e. The summed E-state index contributed by atoms with van der Waals surface area (Å²) in [6.07, 6.45) is 9.37. The largest absolute Gasteiger partial charge is 0.0914 e. The lowest BCUT2D eigenvalue weighted by atomic mass is 9.72. The molecule has 2 bridgehead atoms. The maximum atomic E-state index is 2.51. The van der Waals surface area contributed by atoms with Crippen LogP contribution in [0.2, 0.25) is 0 Å². The Bertz CT molecular complexity index is 278. The summed E-state index contributed by atoms with van der Waals surface area (Å²) in [5.41, 5.74) is 0. The fourth-order valence-corrected chi connectivity index (χ4v) is 5.43. The molecule has 3 aliphatic rings. The van der Waals surface area contributed by atoms with E-state index in [1.54, 1.807) is 12.8 Å². The molecule has 0 saturated heterocycles. The van der Waals surface area contributed by atoms with Crippen LogP contribution in [0.1, 0.15) is 40.0 Å². The molecule has 0 N–H and O–H groups in total. The minimum absolute atomic E-state index is 0.924. The van der Waals surface area contributed by atoms with Gasteiger partial charge in [-0.3, -0.25) is 0 Å². The number of fused-ring (bicyclic) bond motifs is 5. The average Bonchev–Trinajstić information content (AvgIpc) is 2.79. The van der Waals surface area contributed by atoms with E-state index >= 15 is 0 Å². The zero-order valence-corrected chi connectivity index (χ0v) is 10.3. The predicted molar refractivity (Wildman–Crippen MR) is 64.4 cm³/mol. The van der Waals surface area contributed by atoms with Crippen LogP contribution in [0.3, 0.4) is 0 Å². The minimum atomic E-state index is 0.924. The normalized spacial score (nSPS) is 57.9. The van der Waals surface area contributed by atoms with Gasteiger partial charge in [-0.15, -0.1) is 0 Å². The van der Waals surface area contributed by atoms with Gasteiger partial charge >= 0.3 is 0 Å². The fraction of sp³-hybridized carbons (Fsp3) is 0.867. The Hall–Kier alpha value is -0.260. The first-order chi connectivity index (χ1) is 7.22. The Kier molecular flexibility index (Phi) is 2.23. The third-order valence-corrected chi connectivity index (χ3v) is 5.70. The second kappa shape index (κ2) is 3.37. The molecule has 0 spiro atoms. The summed E-state index contributed by atoms with van der Waals surface area (Å²) in [5, 5.41) is 0. The molecular formula is C15H24. The van der Waals surface area contributed by atoms with Crippen molar-refractivity contribution >= 4 is 0 Å². The van der Waals surface area contributed by atoms with E-state index in [-0.39, 0.29) is 0 Å². The summed E-state index contributed by atoms with van der Waals surface area (Å²) in [7, 11) is 0. The van der Waals surface area contributed by atoms with E-state index in [0.29, 0.717) is 0 Å². The molecule has 0 nitrogen and oxygen atoms in total. The second-order valence-electron chi connectivity index (χ2n) is 6.43. The van der Waals surface area contributed by atoms with Crippen molar-refractivity contribution in [1.82, 2.24) is 0 Å².